The number of aryl methyl sites for hydroxylation is 2. The lowest BCUT2D eigenvalue weighted by Crippen LogP contribution is -2.12. The molecule has 6 nitrogen and oxygen atoms in total. The van der Waals surface area contributed by atoms with E-state index in [0.29, 0.717) is 22.4 Å². The van der Waals surface area contributed by atoms with E-state index in [2.05, 4.69) is 5.32 Å². The van der Waals surface area contributed by atoms with E-state index in [1.54, 1.807) is 26.0 Å². The van der Waals surface area contributed by atoms with Gasteiger partial charge in [-0.15, -0.1) is 0 Å². The maximum atomic E-state index is 12.1. The molecular formula is C15H14N2O4. The van der Waals surface area contributed by atoms with Gasteiger partial charge >= 0.3 is 0 Å². The number of aromatic hydroxyl groups is 1. The van der Waals surface area contributed by atoms with Gasteiger partial charge < -0.3 is 10.4 Å². The summed E-state index contributed by atoms with van der Waals surface area (Å²) in [7, 11) is 0. The second kappa shape index (κ2) is 5.62. The quantitative estimate of drug-likeness (QED) is 0.515. The fourth-order valence-electron chi connectivity index (χ4n) is 1.97. The minimum atomic E-state index is -0.519. The molecule has 6 heteroatoms. The average Bonchev–Trinajstić information content (AvgIpc) is 2.44. The summed E-state index contributed by atoms with van der Waals surface area (Å²) in [5.41, 5.74) is 2.14. The summed E-state index contributed by atoms with van der Waals surface area (Å²) < 4.78 is 0. The van der Waals surface area contributed by atoms with Crippen LogP contribution in [0, 0.1) is 24.0 Å². The molecule has 2 rings (SSSR count). The number of hydrogen-bond acceptors (Lipinski definition) is 4. The average molecular weight is 286 g/mol. The monoisotopic (exact) mass is 286 g/mol. The van der Waals surface area contributed by atoms with E-state index in [9.17, 15) is 20.0 Å². The SMILES string of the molecule is Cc1cc(NC(=O)c2ccc([N+](=O)[O-])cc2)cc(C)c1O. The zero-order valence-corrected chi connectivity index (χ0v) is 11.6. The third-order valence-corrected chi connectivity index (χ3v) is 3.09. The van der Waals surface area contributed by atoms with E-state index in [4.69, 9.17) is 0 Å². The molecule has 2 aromatic rings. The second-order valence-corrected chi connectivity index (χ2v) is 4.72. The third kappa shape index (κ3) is 3.17. The molecule has 0 aliphatic rings. The zero-order valence-electron chi connectivity index (χ0n) is 11.6. The Morgan fingerprint density at radius 2 is 1.67 bits per heavy atom. The fourth-order valence-corrected chi connectivity index (χ4v) is 1.97. The van der Waals surface area contributed by atoms with Crippen LogP contribution in [-0.4, -0.2) is 15.9 Å². The van der Waals surface area contributed by atoms with Crippen molar-refractivity contribution in [2.75, 3.05) is 5.32 Å². The van der Waals surface area contributed by atoms with Crippen LogP contribution in [0.25, 0.3) is 0 Å². The van der Waals surface area contributed by atoms with Crippen LogP contribution in [0.15, 0.2) is 36.4 Å². The van der Waals surface area contributed by atoms with E-state index in [0.717, 1.165) is 0 Å². The molecule has 21 heavy (non-hydrogen) atoms. The van der Waals surface area contributed by atoms with Gasteiger partial charge in [0.25, 0.3) is 11.6 Å². The molecule has 2 N–H and O–H groups in total. The molecule has 2 aromatic carbocycles. The van der Waals surface area contributed by atoms with E-state index in [1.807, 2.05) is 0 Å². The fraction of sp³-hybridized carbons (Fsp3) is 0.133. The normalized spacial score (nSPS) is 10.2. The minimum absolute atomic E-state index is 0.0668. The highest BCUT2D eigenvalue weighted by Gasteiger charge is 2.11. The van der Waals surface area contributed by atoms with Crippen molar-refractivity contribution in [3.63, 3.8) is 0 Å². The number of anilines is 1. The van der Waals surface area contributed by atoms with E-state index >= 15 is 0 Å². The topological polar surface area (TPSA) is 92.5 Å². The lowest BCUT2D eigenvalue weighted by molar-refractivity contribution is -0.384. The van der Waals surface area contributed by atoms with Gasteiger partial charge in [0.15, 0.2) is 0 Å². The highest BCUT2D eigenvalue weighted by atomic mass is 16.6. The van der Waals surface area contributed by atoms with Crippen molar-refractivity contribution in [3.05, 3.63) is 63.2 Å². The summed E-state index contributed by atoms with van der Waals surface area (Å²) in [6, 6.07) is 8.67. The van der Waals surface area contributed by atoms with Crippen LogP contribution in [0.2, 0.25) is 0 Å². The Hall–Kier alpha value is -2.89. The highest BCUT2D eigenvalue weighted by Crippen LogP contribution is 2.26. The summed E-state index contributed by atoms with van der Waals surface area (Å²) in [5, 5.41) is 22.9. The Bertz CT molecular complexity index is 685. The first-order valence-electron chi connectivity index (χ1n) is 6.24. The van der Waals surface area contributed by atoms with Crippen molar-refractivity contribution in [2.45, 2.75) is 13.8 Å². The number of hydrogen-bond donors (Lipinski definition) is 2. The molecule has 0 unspecified atom stereocenters. The molecule has 0 aliphatic heterocycles. The Balaban J connectivity index is 2.20. The number of rotatable bonds is 3. The Morgan fingerprint density at radius 3 is 2.14 bits per heavy atom. The van der Waals surface area contributed by atoms with E-state index in [-0.39, 0.29) is 17.3 Å². The standard InChI is InChI=1S/C15H14N2O4/c1-9-7-12(8-10(2)14(9)18)16-15(19)11-3-5-13(6-4-11)17(20)21/h3-8,18H,1-2H3,(H,16,19). The van der Waals surface area contributed by atoms with Crippen molar-refractivity contribution in [3.8, 4) is 5.75 Å². The molecule has 0 atom stereocenters. The zero-order chi connectivity index (χ0) is 15.6. The Morgan fingerprint density at radius 1 is 1.14 bits per heavy atom. The Labute approximate surface area is 121 Å². The number of carbonyl (C=O) groups excluding carboxylic acids is 1. The molecule has 0 saturated carbocycles. The number of nitrogens with one attached hydrogen (secondary N) is 1. The first-order valence-corrected chi connectivity index (χ1v) is 6.24. The summed E-state index contributed by atoms with van der Waals surface area (Å²) in [6.45, 7) is 3.48. The molecule has 0 spiro atoms. The molecule has 1 amide bonds. The van der Waals surface area contributed by atoms with Gasteiger partial charge in [-0.05, 0) is 49.2 Å². The van der Waals surface area contributed by atoms with Gasteiger partial charge in [0.1, 0.15) is 5.75 Å². The maximum Gasteiger partial charge on any atom is 0.269 e. The number of nitrogens with zero attached hydrogens (tertiary/aromatic N) is 1. The highest BCUT2D eigenvalue weighted by molar-refractivity contribution is 6.04. The number of amides is 1. The van der Waals surface area contributed by atoms with Crippen molar-refractivity contribution >= 4 is 17.3 Å². The number of benzene rings is 2. The van der Waals surface area contributed by atoms with Crippen LogP contribution in [0.5, 0.6) is 5.75 Å². The molecule has 0 aromatic heterocycles. The number of carbonyl (C=O) groups is 1. The van der Waals surface area contributed by atoms with Crippen molar-refractivity contribution in [2.24, 2.45) is 0 Å². The van der Waals surface area contributed by atoms with Gasteiger partial charge in [0.05, 0.1) is 4.92 Å². The van der Waals surface area contributed by atoms with Gasteiger partial charge in [0, 0.05) is 23.4 Å². The van der Waals surface area contributed by atoms with Gasteiger partial charge in [-0.2, -0.15) is 0 Å². The van der Waals surface area contributed by atoms with Gasteiger partial charge in [-0.25, -0.2) is 0 Å². The molecule has 108 valence electrons. The smallest absolute Gasteiger partial charge is 0.269 e. The predicted molar refractivity (Wildman–Crippen MR) is 78.6 cm³/mol. The maximum absolute atomic E-state index is 12.1. The molecular weight excluding hydrogens is 272 g/mol. The lowest BCUT2D eigenvalue weighted by atomic mass is 10.1. The lowest BCUT2D eigenvalue weighted by Gasteiger charge is -2.09. The minimum Gasteiger partial charge on any atom is -0.507 e. The van der Waals surface area contributed by atoms with E-state index in [1.165, 1.54) is 24.3 Å². The van der Waals surface area contributed by atoms with Crippen LogP contribution in [0.1, 0.15) is 21.5 Å². The summed E-state index contributed by atoms with van der Waals surface area (Å²) >= 11 is 0. The molecule has 0 heterocycles. The number of phenolic OH excluding ortho intramolecular Hbond substituents is 1. The summed E-state index contributed by atoms with van der Waals surface area (Å²) in [4.78, 5) is 22.1. The second-order valence-electron chi connectivity index (χ2n) is 4.72. The van der Waals surface area contributed by atoms with Crippen LogP contribution >= 0.6 is 0 Å². The summed E-state index contributed by atoms with van der Waals surface area (Å²) in [5.74, 6) is -0.169. The van der Waals surface area contributed by atoms with Crippen LogP contribution in [-0.2, 0) is 0 Å². The largest absolute Gasteiger partial charge is 0.507 e. The summed E-state index contributed by atoms with van der Waals surface area (Å²) in [6.07, 6.45) is 0. The first kappa shape index (κ1) is 14.5. The predicted octanol–water partition coefficient (Wildman–Crippen LogP) is 3.17. The van der Waals surface area contributed by atoms with Crippen molar-refractivity contribution in [1.29, 1.82) is 0 Å². The van der Waals surface area contributed by atoms with E-state index < -0.39 is 4.92 Å². The van der Waals surface area contributed by atoms with Crippen LogP contribution in [0.3, 0.4) is 0 Å². The van der Waals surface area contributed by atoms with Gasteiger partial charge in [-0.3, -0.25) is 14.9 Å². The Kier molecular flexibility index (Phi) is 3.89. The molecule has 0 fully saturated rings. The molecule has 0 saturated heterocycles. The molecule has 0 radical (unpaired) electrons. The van der Waals surface area contributed by atoms with Crippen molar-refractivity contribution < 1.29 is 14.8 Å². The third-order valence-electron chi connectivity index (χ3n) is 3.09. The van der Waals surface area contributed by atoms with Crippen molar-refractivity contribution in [1.82, 2.24) is 0 Å². The number of nitro groups is 1. The molecule has 0 bridgehead atoms. The van der Waals surface area contributed by atoms with Gasteiger partial charge in [-0.1, -0.05) is 0 Å². The van der Waals surface area contributed by atoms with Crippen LogP contribution < -0.4 is 5.32 Å². The number of phenols is 1. The molecule has 0 aliphatic carbocycles. The number of nitro benzene ring substituents is 1. The first-order chi connectivity index (χ1) is 9.88. The number of non-ortho nitro benzene ring substituents is 1. The van der Waals surface area contributed by atoms with Crippen LogP contribution in [0.4, 0.5) is 11.4 Å². The van der Waals surface area contributed by atoms with Gasteiger partial charge in [0.2, 0.25) is 0 Å².